The molecule has 0 N–H and O–H groups in total. The van der Waals surface area contributed by atoms with Crippen LogP contribution in [0.5, 0.6) is 0 Å². The third-order valence-corrected chi connectivity index (χ3v) is 3.24. The van der Waals surface area contributed by atoms with E-state index < -0.39 is 0 Å². The van der Waals surface area contributed by atoms with Crippen molar-refractivity contribution in [3.63, 3.8) is 0 Å². The lowest BCUT2D eigenvalue weighted by atomic mass is 9.94. The summed E-state index contributed by atoms with van der Waals surface area (Å²) in [5, 5.41) is 9.95. The SMILES string of the molecule is N#CC(CCc1ccccc1)c1ccc(Cl)cc1. The minimum Gasteiger partial charge on any atom is -0.198 e. The molecule has 2 rings (SSSR count). The number of rotatable bonds is 4. The summed E-state index contributed by atoms with van der Waals surface area (Å²) in [5.41, 5.74) is 2.31. The molecule has 90 valence electrons. The zero-order valence-corrected chi connectivity index (χ0v) is 10.8. The van der Waals surface area contributed by atoms with Gasteiger partial charge in [0, 0.05) is 5.02 Å². The predicted octanol–water partition coefficient (Wildman–Crippen LogP) is 4.58. The van der Waals surface area contributed by atoms with Crippen molar-refractivity contribution in [2.45, 2.75) is 18.8 Å². The molecule has 2 aromatic rings. The van der Waals surface area contributed by atoms with E-state index in [2.05, 4.69) is 18.2 Å². The van der Waals surface area contributed by atoms with Crippen LogP contribution in [0.2, 0.25) is 5.02 Å². The summed E-state index contributed by atoms with van der Waals surface area (Å²) in [4.78, 5) is 0. The molecular weight excluding hydrogens is 242 g/mol. The van der Waals surface area contributed by atoms with Crippen LogP contribution in [0.4, 0.5) is 0 Å². The second-order valence-electron chi connectivity index (χ2n) is 4.26. The van der Waals surface area contributed by atoms with Gasteiger partial charge in [-0.3, -0.25) is 0 Å². The molecule has 0 spiro atoms. The fourth-order valence-corrected chi connectivity index (χ4v) is 2.08. The Hall–Kier alpha value is -1.78. The van der Waals surface area contributed by atoms with Crippen LogP contribution in [-0.4, -0.2) is 0 Å². The van der Waals surface area contributed by atoms with Gasteiger partial charge in [0.1, 0.15) is 0 Å². The molecule has 0 saturated carbocycles. The first-order valence-electron chi connectivity index (χ1n) is 5.98. The average Bonchev–Trinajstić information content (AvgIpc) is 2.42. The van der Waals surface area contributed by atoms with Crippen LogP contribution < -0.4 is 0 Å². The van der Waals surface area contributed by atoms with E-state index >= 15 is 0 Å². The third-order valence-electron chi connectivity index (χ3n) is 2.99. The fraction of sp³-hybridized carbons (Fsp3) is 0.188. The minimum absolute atomic E-state index is 0.0672. The Balaban J connectivity index is 2.02. The molecule has 1 nitrogen and oxygen atoms in total. The van der Waals surface area contributed by atoms with Crippen LogP contribution in [0.15, 0.2) is 54.6 Å². The first kappa shape index (κ1) is 12.7. The lowest BCUT2D eigenvalue weighted by Gasteiger charge is -2.09. The van der Waals surface area contributed by atoms with Gasteiger partial charge >= 0.3 is 0 Å². The van der Waals surface area contributed by atoms with Gasteiger partial charge in [-0.1, -0.05) is 54.1 Å². The van der Waals surface area contributed by atoms with Crippen LogP contribution >= 0.6 is 11.6 Å². The molecule has 0 aliphatic heterocycles. The van der Waals surface area contributed by atoms with Crippen LogP contribution in [0, 0.1) is 11.3 Å². The molecule has 0 fully saturated rings. The predicted molar refractivity (Wildman–Crippen MR) is 74.6 cm³/mol. The maximum Gasteiger partial charge on any atom is 0.0715 e. The van der Waals surface area contributed by atoms with E-state index in [0.29, 0.717) is 5.02 Å². The molecule has 0 heterocycles. The highest BCUT2D eigenvalue weighted by Gasteiger charge is 2.10. The molecular formula is C16H14ClN. The first-order chi connectivity index (χ1) is 8.79. The molecule has 1 atom stereocenters. The van der Waals surface area contributed by atoms with Crippen LogP contribution in [0.3, 0.4) is 0 Å². The summed E-state index contributed by atoms with van der Waals surface area (Å²) in [5.74, 6) is -0.0672. The summed E-state index contributed by atoms with van der Waals surface area (Å²) in [7, 11) is 0. The van der Waals surface area contributed by atoms with Gasteiger partial charge in [0.15, 0.2) is 0 Å². The Morgan fingerprint density at radius 3 is 2.28 bits per heavy atom. The topological polar surface area (TPSA) is 23.8 Å². The first-order valence-corrected chi connectivity index (χ1v) is 6.36. The summed E-state index contributed by atoms with van der Waals surface area (Å²) in [6.07, 6.45) is 1.75. The number of halogens is 1. The average molecular weight is 256 g/mol. The fourth-order valence-electron chi connectivity index (χ4n) is 1.96. The lowest BCUT2D eigenvalue weighted by molar-refractivity contribution is 0.746. The van der Waals surface area contributed by atoms with Gasteiger partial charge in [-0.05, 0) is 36.1 Å². The molecule has 0 radical (unpaired) electrons. The van der Waals surface area contributed by atoms with Crippen molar-refractivity contribution in [2.24, 2.45) is 0 Å². The van der Waals surface area contributed by atoms with Crippen molar-refractivity contribution < 1.29 is 0 Å². The Morgan fingerprint density at radius 2 is 1.67 bits per heavy atom. The third kappa shape index (κ3) is 3.35. The van der Waals surface area contributed by atoms with Gasteiger partial charge in [-0.2, -0.15) is 5.26 Å². The largest absolute Gasteiger partial charge is 0.198 e. The normalized spacial score (nSPS) is 11.8. The van der Waals surface area contributed by atoms with E-state index in [9.17, 15) is 5.26 Å². The van der Waals surface area contributed by atoms with E-state index in [1.54, 1.807) is 0 Å². The summed E-state index contributed by atoms with van der Waals surface area (Å²) < 4.78 is 0. The smallest absolute Gasteiger partial charge is 0.0715 e. The van der Waals surface area contributed by atoms with Gasteiger partial charge in [0.25, 0.3) is 0 Å². The summed E-state index contributed by atoms with van der Waals surface area (Å²) in [6, 6.07) is 20.1. The van der Waals surface area contributed by atoms with E-state index in [4.69, 9.17) is 11.6 Å². The highest BCUT2D eigenvalue weighted by molar-refractivity contribution is 6.30. The molecule has 2 aromatic carbocycles. The summed E-state index contributed by atoms with van der Waals surface area (Å²) >= 11 is 5.85. The second-order valence-corrected chi connectivity index (χ2v) is 4.69. The molecule has 2 heteroatoms. The number of benzene rings is 2. The number of aryl methyl sites for hydroxylation is 1. The van der Waals surface area contributed by atoms with Crippen LogP contribution in [0.25, 0.3) is 0 Å². The number of hydrogen-bond donors (Lipinski definition) is 0. The molecule has 0 amide bonds. The monoisotopic (exact) mass is 255 g/mol. The van der Waals surface area contributed by atoms with Crippen molar-refractivity contribution in [2.75, 3.05) is 0 Å². The molecule has 18 heavy (non-hydrogen) atoms. The zero-order chi connectivity index (χ0) is 12.8. The van der Waals surface area contributed by atoms with Gasteiger partial charge in [0.2, 0.25) is 0 Å². The van der Waals surface area contributed by atoms with Crippen molar-refractivity contribution in [1.82, 2.24) is 0 Å². The molecule has 0 bridgehead atoms. The van der Waals surface area contributed by atoms with Gasteiger partial charge in [-0.25, -0.2) is 0 Å². The van der Waals surface area contributed by atoms with Crippen molar-refractivity contribution in [1.29, 1.82) is 5.26 Å². The highest BCUT2D eigenvalue weighted by Crippen LogP contribution is 2.22. The van der Waals surface area contributed by atoms with Gasteiger partial charge < -0.3 is 0 Å². The van der Waals surface area contributed by atoms with E-state index in [1.807, 2.05) is 42.5 Å². The molecule has 0 aromatic heterocycles. The number of nitriles is 1. The summed E-state index contributed by atoms with van der Waals surface area (Å²) in [6.45, 7) is 0. The number of hydrogen-bond acceptors (Lipinski definition) is 1. The van der Waals surface area contributed by atoms with Crippen molar-refractivity contribution in [3.05, 3.63) is 70.7 Å². The van der Waals surface area contributed by atoms with Crippen LogP contribution in [-0.2, 0) is 6.42 Å². The maximum atomic E-state index is 9.24. The minimum atomic E-state index is -0.0672. The van der Waals surface area contributed by atoms with Gasteiger partial charge in [-0.15, -0.1) is 0 Å². The maximum absolute atomic E-state index is 9.24. The quantitative estimate of drug-likeness (QED) is 0.785. The van der Waals surface area contributed by atoms with E-state index in [-0.39, 0.29) is 5.92 Å². The Bertz CT molecular complexity index is 525. The van der Waals surface area contributed by atoms with Crippen molar-refractivity contribution >= 4 is 11.6 Å². The Morgan fingerprint density at radius 1 is 1.00 bits per heavy atom. The number of nitrogens with zero attached hydrogens (tertiary/aromatic N) is 1. The Kier molecular flexibility index (Phi) is 4.39. The highest BCUT2D eigenvalue weighted by atomic mass is 35.5. The van der Waals surface area contributed by atoms with Crippen LogP contribution in [0.1, 0.15) is 23.5 Å². The lowest BCUT2D eigenvalue weighted by Crippen LogP contribution is -1.98. The van der Waals surface area contributed by atoms with Gasteiger partial charge in [0.05, 0.1) is 12.0 Å². The molecule has 0 aliphatic rings. The van der Waals surface area contributed by atoms with Crippen molar-refractivity contribution in [3.8, 4) is 6.07 Å². The molecule has 1 unspecified atom stereocenters. The standard InChI is InChI=1S/C16H14ClN/c17-16-10-8-14(9-11-16)15(12-18)7-6-13-4-2-1-3-5-13/h1-5,8-11,15H,6-7H2. The molecule has 0 aliphatic carbocycles. The van der Waals surface area contributed by atoms with E-state index in [0.717, 1.165) is 18.4 Å². The second kappa shape index (κ2) is 6.23. The zero-order valence-electron chi connectivity index (χ0n) is 10.0. The molecule has 0 saturated heterocycles. The van der Waals surface area contributed by atoms with E-state index in [1.165, 1.54) is 5.56 Å². The Labute approximate surface area is 113 Å².